The molecular weight excluding hydrogens is 185 g/mol. The first-order chi connectivity index (χ1) is 6.74. The molecule has 1 aromatic carbocycles. The number of carbonyl (C=O) groups excluding carboxylic acids is 1. The molecule has 0 saturated heterocycles. The standard InChI is InChI=1S/C10H10FNO2/c1-14-10(13)7-2-3-8(11)9-6(7)4-5-12-9/h2-3,12H,4-5H2,1H3. The molecule has 2 rings (SSSR count). The molecule has 0 spiro atoms. The predicted octanol–water partition coefficient (Wildman–Crippen LogP) is 1.58. The van der Waals surface area contributed by atoms with Crippen LogP contribution in [-0.2, 0) is 11.2 Å². The number of ether oxygens (including phenoxy) is 1. The Labute approximate surface area is 80.9 Å². The summed E-state index contributed by atoms with van der Waals surface area (Å²) in [6, 6.07) is 2.75. The number of hydrogen-bond donors (Lipinski definition) is 1. The summed E-state index contributed by atoms with van der Waals surface area (Å²) in [5.74, 6) is -0.727. The lowest BCUT2D eigenvalue weighted by Gasteiger charge is -2.06. The van der Waals surface area contributed by atoms with Crippen molar-refractivity contribution >= 4 is 11.7 Å². The number of carbonyl (C=O) groups is 1. The second-order valence-corrected chi connectivity index (χ2v) is 3.12. The van der Waals surface area contributed by atoms with Crippen molar-refractivity contribution in [2.24, 2.45) is 0 Å². The van der Waals surface area contributed by atoms with Crippen molar-refractivity contribution in [2.45, 2.75) is 6.42 Å². The van der Waals surface area contributed by atoms with Gasteiger partial charge in [0.05, 0.1) is 18.4 Å². The van der Waals surface area contributed by atoms with Crippen LogP contribution in [0.1, 0.15) is 15.9 Å². The number of anilines is 1. The fraction of sp³-hybridized carbons (Fsp3) is 0.300. The molecule has 1 N–H and O–H groups in total. The number of hydrogen-bond acceptors (Lipinski definition) is 3. The van der Waals surface area contributed by atoms with Crippen LogP contribution in [0.4, 0.5) is 10.1 Å². The maximum atomic E-state index is 13.2. The highest BCUT2D eigenvalue weighted by Gasteiger charge is 2.22. The number of nitrogens with one attached hydrogen (secondary N) is 1. The monoisotopic (exact) mass is 195 g/mol. The Morgan fingerprint density at radius 3 is 3.07 bits per heavy atom. The minimum atomic E-state index is -0.412. The van der Waals surface area contributed by atoms with E-state index in [1.54, 1.807) is 0 Å². The van der Waals surface area contributed by atoms with E-state index in [0.29, 0.717) is 24.2 Å². The highest BCUT2D eigenvalue weighted by Crippen LogP contribution is 2.28. The summed E-state index contributed by atoms with van der Waals surface area (Å²) in [5.41, 5.74) is 1.61. The van der Waals surface area contributed by atoms with E-state index >= 15 is 0 Å². The van der Waals surface area contributed by atoms with Gasteiger partial charge in [0.15, 0.2) is 0 Å². The van der Waals surface area contributed by atoms with E-state index in [1.165, 1.54) is 19.2 Å². The fourth-order valence-corrected chi connectivity index (χ4v) is 1.68. The van der Waals surface area contributed by atoms with E-state index in [9.17, 15) is 9.18 Å². The minimum absolute atomic E-state index is 0.315. The summed E-state index contributed by atoms with van der Waals surface area (Å²) in [6.45, 7) is 0.667. The summed E-state index contributed by atoms with van der Waals surface area (Å²) in [7, 11) is 1.32. The van der Waals surface area contributed by atoms with Crippen LogP contribution < -0.4 is 5.32 Å². The predicted molar refractivity (Wildman–Crippen MR) is 49.9 cm³/mol. The molecule has 14 heavy (non-hydrogen) atoms. The Hall–Kier alpha value is -1.58. The highest BCUT2D eigenvalue weighted by molar-refractivity contribution is 5.93. The average molecular weight is 195 g/mol. The molecule has 1 heterocycles. The summed E-state index contributed by atoms with van der Waals surface area (Å²) >= 11 is 0. The molecule has 4 heteroatoms. The van der Waals surface area contributed by atoms with Crippen molar-refractivity contribution < 1.29 is 13.9 Å². The fourth-order valence-electron chi connectivity index (χ4n) is 1.68. The Kier molecular flexibility index (Phi) is 2.11. The van der Waals surface area contributed by atoms with Crippen molar-refractivity contribution in [2.75, 3.05) is 19.0 Å². The van der Waals surface area contributed by atoms with Crippen LogP contribution >= 0.6 is 0 Å². The van der Waals surface area contributed by atoms with E-state index in [1.807, 2.05) is 0 Å². The molecule has 0 aliphatic carbocycles. The van der Waals surface area contributed by atoms with Crippen LogP contribution in [0, 0.1) is 5.82 Å². The second-order valence-electron chi connectivity index (χ2n) is 3.12. The number of esters is 1. The average Bonchev–Trinajstić information content (AvgIpc) is 2.67. The van der Waals surface area contributed by atoms with Crippen LogP contribution in [0.15, 0.2) is 12.1 Å². The lowest BCUT2D eigenvalue weighted by atomic mass is 10.0. The maximum Gasteiger partial charge on any atom is 0.338 e. The first-order valence-corrected chi connectivity index (χ1v) is 4.37. The molecule has 0 fully saturated rings. The molecule has 0 saturated carbocycles. The molecule has 0 radical (unpaired) electrons. The number of benzene rings is 1. The van der Waals surface area contributed by atoms with E-state index in [0.717, 1.165) is 5.56 Å². The maximum absolute atomic E-state index is 13.2. The zero-order valence-electron chi connectivity index (χ0n) is 7.76. The first kappa shape index (κ1) is 8.99. The molecule has 0 amide bonds. The summed E-state index contributed by atoms with van der Waals surface area (Å²) in [5, 5.41) is 2.90. The zero-order chi connectivity index (χ0) is 10.1. The normalized spacial score (nSPS) is 13.3. The molecule has 1 aliphatic rings. The third-order valence-corrected chi connectivity index (χ3v) is 2.34. The van der Waals surface area contributed by atoms with E-state index in [4.69, 9.17) is 0 Å². The quantitative estimate of drug-likeness (QED) is 0.691. The molecule has 0 atom stereocenters. The van der Waals surface area contributed by atoms with Crippen molar-refractivity contribution in [3.63, 3.8) is 0 Å². The van der Waals surface area contributed by atoms with Gasteiger partial charge in [0.1, 0.15) is 5.82 Å². The van der Waals surface area contributed by atoms with E-state index in [-0.39, 0.29) is 5.82 Å². The van der Waals surface area contributed by atoms with Gasteiger partial charge < -0.3 is 10.1 Å². The van der Waals surface area contributed by atoms with Gasteiger partial charge in [-0.25, -0.2) is 9.18 Å². The molecular formula is C10H10FNO2. The number of rotatable bonds is 1. The van der Waals surface area contributed by atoms with Gasteiger partial charge in [0.25, 0.3) is 0 Å². The van der Waals surface area contributed by atoms with Crippen molar-refractivity contribution in [1.29, 1.82) is 0 Å². The Morgan fingerprint density at radius 2 is 2.36 bits per heavy atom. The third kappa shape index (κ3) is 1.23. The number of methoxy groups -OCH3 is 1. The topological polar surface area (TPSA) is 38.3 Å². The highest BCUT2D eigenvalue weighted by atomic mass is 19.1. The summed E-state index contributed by atoms with van der Waals surface area (Å²) in [4.78, 5) is 11.3. The van der Waals surface area contributed by atoms with Crippen LogP contribution in [-0.4, -0.2) is 19.6 Å². The SMILES string of the molecule is COC(=O)c1ccc(F)c2c1CCN2. The molecule has 1 aromatic rings. The van der Waals surface area contributed by atoms with Gasteiger partial charge in [0, 0.05) is 6.54 Å². The van der Waals surface area contributed by atoms with Crippen LogP contribution in [0.2, 0.25) is 0 Å². The van der Waals surface area contributed by atoms with Gasteiger partial charge >= 0.3 is 5.97 Å². The summed E-state index contributed by atoms with van der Waals surface area (Å²) in [6.07, 6.45) is 0.664. The van der Waals surface area contributed by atoms with Crippen LogP contribution in [0.3, 0.4) is 0 Å². The molecule has 74 valence electrons. The van der Waals surface area contributed by atoms with Gasteiger partial charge in [-0.3, -0.25) is 0 Å². The third-order valence-electron chi connectivity index (χ3n) is 2.34. The van der Waals surface area contributed by atoms with E-state index < -0.39 is 5.97 Å². The molecule has 0 aromatic heterocycles. The molecule has 0 bridgehead atoms. The minimum Gasteiger partial charge on any atom is -0.465 e. The second kappa shape index (κ2) is 3.29. The largest absolute Gasteiger partial charge is 0.465 e. The Bertz CT molecular complexity index is 390. The van der Waals surface area contributed by atoms with Crippen LogP contribution in [0.25, 0.3) is 0 Å². The van der Waals surface area contributed by atoms with Crippen LogP contribution in [0.5, 0.6) is 0 Å². The zero-order valence-corrected chi connectivity index (χ0v) is 7.76. The summed E-state index contributed by atoms with van der Waals surface area (Å²) < 4.78 is 17.8. The van der Waals surface area contributed by atoms with Gasteiger partial charge in [-0.1, -0.05) is 0 Å². The van der Waals surface area contributed by atoms with Crippen molar-refractivity contribution in [3.05, 3.63) is 29.1 Å². The van der Waals surface area contributed by atoms with Crippen molar-refractivity contribution in [1.82, 2.24) is 0 Å². The van der Waals surface area contributed by atoms with E-state index in [2.05, 4.69) is 10.1 Å². The molecule has 0 unspecified atom stereocenters. The van der Waals surface area contributed by atoms with Gasteiger partial charge in [-0.2, -0.15) is 0 Å². The van der Waals surface area contributed by atoms with Gasteiger partial charge in [0.2, 0.25) is 0 Å². The Morgan fingerprint density at radius 1 is 1.57 bits per heavy atom. The Balaban J connectivity index is 2.53. The van der Waals surface area contributed by atoms with Gasteiger partial charge in [-0.05, 0) is 24.1 Å². The number of fused-ring (bicyclic) bond motifs is 1. The first-order valence-electron chi connectivity index (χ1n) is 4.37. The lowest BCUT2D eigenvalue weighted by molar-refractivity contribution is 0.0599. The molecule has 1 aliphatic heterocycles. The smallest absolute Gasteiger partial charge is 0.338 e. The molecule has 3 nitrogen and oxygen atoms in total. The number of halogens is 1. The lowest BCUT2D eigenvalue weighted by Crippen LogP contribution is -2.05. The van der Waals surface area contributed by atoms with Crippen molar-refractivity contribution in [3.8, 4) is 0 Å². The van der Waals surface area contributed by atoms with Gasteiger partial charge in [-0.15, -0.1) is 0 Å².